The fourth-order valence-electron chi connectivity index (χ4n) is 2.25. The summed E-state index contributed by atoms with van der Waals surface area (Å²) < 4.78 is 0. The zero-order valence-corrected chi connectivity index (χ0v) is 10.4. The van der Waals surface area contributed by atoms with Gasteiger partial charge in [-0.3, -0.25) is 9.88 Å². The van der Waals surface area contributed by atoms with Crippen LogP contribution in [0.15, 0.2) is 18.3 Å². The van der Waals surface area contributed by atoms with E-state index in [2.05, 4.69) is 35.9 Å². The summed E-state index contributed by atoms with van der Waals surface area (Å²) in [6.07, 6.45) is 6.17. The van der Waals surface area contributed by atoms with Crippen LogP contribution >= 0.6 is 0 Å². The van der Waals surface area contributed by atoms with Crippen LogP contribution in [-0.2, 0) is 6.54 Å². The first-order chi connectivity index (χ1) is 7.75. The molecule has 1 aliphatic heterocycles. The van der Waals surface area contributed by atoms with E-state index in [-0.39, 0.29) is 0 Å². The molecule has 0 bridgehead atoms. The van der Waals surface area contributed by atoms with Crippen molar-refractivity contribution in [2.24, 2.45) is 0 Å². The molecule has 2 heterocycles. The van der Waals surface area contributed by atoms with E-state index in [1.165, 1.54) is 43.6 Å². The molecule has 2 rings (SSSR count). The van der Waals surface area contributed by atoms with Gasteiger partial charge in [0.25, 0.3) is 0 Å². The van der Waals surface area contributed by atoms with Crippen LogP contribution in [0.2, 0.25) is 0 Å². The Balaban J connectivity index is 1.93. The van der Waals surface area contributed by atoms with Gasteiger partial charge < -0.3 is 0 Å². The highest BCUT2D eigenvalue weighted by atomic mass is 15.1. The van der Waals surface area contributed by atoms with Crippen molar-refractivity contribution >= 4 is 0 Å². The summed E-state index contributed by atoms with van der Waals surface area (Å²) in [6, 6.07) is 4.40. The third-order valence-corrected chi connectivity index (χ3v) is 3.29. The van der Waals surface area contributed by atoms with E-state index in [4.69, 9.17) is 0 Å². The van der Waals surface area contributed by atoms with Crippen LogP contribution in [0.1, 0.15) is 50.3 Å². The maximum absolute atomic E-state index is 4.52. The lowest BCUT2D eigenvalue weighted by Gasteiger charge is -2.26. The molecule has 1 saturated heterocycles. The Morgan fingerprint density at radius 2 is 1.94 bits per heavy atom. The van der Waals surface area contributed by atoms with Crippen molar-refractivity contribution in [1.29, 1.82) is 0 Å². The summed E-state index contributed by atoms with van der Waals surface area (Å²) in [5.41, 5.74) is 2.55. The fourth-order valence-corrected chi connectivity index (χ4v) is 2.25. The van der Waals surface area contributed by atoms with Gasteiger partial charge in [-0.1, -0.05) is 26.3 Å². The lowest BCUT2D eigenvalue weighted by molar-refractivity contribution is 0.220. The maximum atomic E-state index is 4.52. The topological polar surface area (TPSA) is 16.1 Å². The molecule has 0 amide bonds. The van der Waals surface area contributed by atoms with Crippen LogP contribution in [0.3, 0.4) is 0 Å². The normalized spacial score (nSPS) is 17.9. The molecule has 0 aromatic carbocycles. The number of piperidine rings is 1. The molecule has 0 radical (unpaired) electrons. The Labute approximate surface area is 98.7 Å². The molecular weight excluding hydrogens is 196 g/mol. The van der Waals surface area contributed by atoms with Crippen LogP contribution in [0.25, 0.3) is 0 Å². The van der Waals surface area contributed by atoms with Crippen molar-refractivity contribution in [3.63, 3.8) is 0 Å². The average molecular weight is 218 g/mol. The van der Waals surface area contributed by atoms with Gasteiger partial charge in [-0.05, 0) is 43.5 Å². The van der Waals surface area contributed by atoms with E-state index < -0.39 is 0 Å². The van der Waals surface area contributed by atoms with E-state index in [1.54, 1.807) is 0 Å². The van der Waals surface area contributed by atoms with Crippen molar-refractivity contribution in [1.82, 2.24) is 9.88 Å². The molecule has 2 nitrogen and oxygen atoms in total. The first kappa shape index (κ1) is 11.6. The number of hydrogen-bond donors (Lipinski definition) is 0. The van der Waals surface area contributed by atoms with Crippen LogP contribution in [0.4, 0.5) is 0 Å². The molecule has 1 aliphatic rings. The van der Waals surface area contributed by atoms with Gasteiger partial charge in [-0.25, -0.2) is 0 Å². The van der Waals surface area contributed by atoms with Crippen molar-refractivity contribution in [2.75, 3.05) is 13.1 Å². The van der Waals surface area contributed by atoms with Gasteiger partial charge in [0.2, 0.25) is 0 Å². The quantitative estimate of drug-likeness (QED) is 0.774. The number of hydrogen-bond acceptors (Lipinski definition) is 2. The first-order valence-corrected chi connectivity index (χ1v) is 6.43. The van der Waals surface area contributed by atoms with Crippen molar-refractivity contribution < 1.29 is 0 Å². The largest absolute Gasteiger partial charge is 0.299 e. The highest BCUT2D eigenvalue weighted by molar-refractivity contribution is 5.16. The molecule has 0 saturated carbocycles. The molecule has 0 spiro atoms. The molecule has 16 heavy (non-hydrogen) atoms. The number of aromatic nitrogens is 1. The molecule has 0 unspecified atom stereocenters. The van der Waals surface area contributed by atoms with Crippen molar-refractivity contribution in [3.8, 4) is 0 Å². The van der Waals surface area contributed by atoms with Gasteiger partial charge in [0.15, 0.2) is 0 Å². The Bertz CT molecular complexity index is 310. The Morgan fingerprint density at radius 1 is 1.19 bits per heavy atom. The second kappa shape index (κ2) is 5.44. The minimum Gasteiger partial charge on any atom is -0.299 e. The van der Waals surface area contributed by atoms with E-state index in [0.717, 1.165) is 6.54 Å². The van der Waals surface area contributed by atoms with Crippen molar-refractivity contribution in [3.05, 3.63) is 29.6 Å². The van der Waals surface area contributed by atoms with E-state index in [1.807, 2.05) is 6.20 Å². The summed E-state index contributed by atoms with van der Waals surface area (Å²) in [5.74, 6) is 0.532. The number of pyridine rings is 1. The Hall–Kier alpha value is -0.890. The monoisotopic (exact) mass is 218 g/mol. The Kier molecular flexibility index (Phi) is 3.94. The third-order valence-electron chi connectivity index (χ3n) is 3.29. The standard InChI is InChI=1S/C14H22N2/c1-12(2)14-7-6-13(10-15-14)11-16-8-4-3-5-9-16/h6-7,10,12H,3-5,8-9,11H2,1-2H3. The highest BCUT2D eigenvalue weighted by Gasteiger charge is 2.10. The second-order valence-corrected chi connectivity index (χ2v) is 5.08. The van der Waals surface area contributed by atoms with Gasteiger partial charge in [0.05, 0.1) is 0 Å². The number of likely N-dealkylation sites (tertiary alicyclic amines) is 1. The van der Waals surface area contributed by atoms with E-state index >= 15 is 0 Å². The summed E-state index contributed by atoms with van der Waals surface area (Å²) in [5, 5.41) is 0. The Morgan fingerprint density at radius 3 is 2.50 bits per heavy atom. The van der Waals surface area contributed by atoms with Crippen LogP contribution in [0, 0.1) is 0 Å². The SMILES string of the molecule is CC(C)c1ccc(CN2CCCCC2)cn1. The zero-order chi connectivity index (χ0) is 11.4. The average Bonchev–Trinajstić information content (AvgIpc) is 2.31. The number of nitrogens with zero attached hydrogens (tertiary/aromatic N) is 2. The summed E-state index contributed by atoms with van der Waals surface area (Å²) in [6.45, 7) is 7.96. The first-order valence-electron chi connectivity index (χ1n) is 6.43. The van der Waals surface area contributed by atoms with Gasteiger partial charge in [0.1, 0.15) is 0 Å². The number of rotatable bonds is 3. The minimum atomic E-state index is 0.532. The highest BCUT2D eigenvalue weighted by Crippen LogP contribution is 2.15. The van der Waals surface area contributed by atoms with E-state index in [9.17, 15) is 0 Å². The predicted molar refractivity (Wildman–Crippen MR) is 67.5 cm³/mol. The van der Waals surface area contributed by atoms with Gasteiger partial charge >= 0.3 is 0 Å². The third kappa shape index (κ3) is 3.05. The van der Waals surface area contributed by atoms with E-state index in [0.29, 0.717) is 5.92 Å². The molecule has 0 atom stereocenters. The molecule has 1 aromatic heterocycles. The smallest absolute Gasteiger partial charge is 0.0429 e. The minimum absolute atomic E-state index is 0.532. The molecule has 1 fully saturated rings. The van der Waals surface area contributed by atoms with Gasteiger partial charge in [-0.15, -0.1) is 0 Å². The van der Waals surface area contributed by atoms with Crippen LogP contribution in [-0.4, -0.2) is 23.0 Å². The van der Waals surface area contributed by atoms with Crippen LogP contribution < -0.4 is 0 Å². The zero-order valence-electron chi connectivity index (χ0n) is 10.4. The maximum Gasteiger partial charge on any atom is 0.0429 e. The molecule has 0 aliphatic carbocycles. The summed E-state index contributed by atoms with van der Waals surface area (Å²) in [4.78, 5) is 7.05. The molecule has 88 valence electrons. The summed E-state index contributed by atoms with van der Waals surface area (Å²) >= 11 is 0. The fraction of sp³-hybridized carbons (Fsp3) is 0.643. The van der Waals surface area contributed by atoms with Gasteiger partial charge in [0, 0.05) is 18.4 Å². The lowest BCUT2D eigenvalue weighted by Crippen LogP contribution is -2.29. The molecular formula is C14H22N2. The lowest BCUT2D eigenvalue weighted by atomic mass is 10.1. The molecule has 0 N–H and O–H groups in total. The van der Waals surface area contributed by atoms with Gasteiger partial charge in [-0.2, -0.15) is 0 Å². The summed E-state index contributed by atoms with van der Waals surface area (Å²) in [7, 11) is 0. The molecule has 2 heteroatoms. The second-order valence-electron chi connectivity index (χ2n) is 5.08. The van der Waals surface area contributed by atoms with Crippen molar-refractivity contribution in [2.45, 2.75) is 45.6 Å². The molecule has 1 aromatic rings. The predicted octanol–water partition coefficient (Wildman–Crippen LogP) is 3.19. The van der Waals surface area contributed by atoms with Crippen LogP contribution in [0.5, 0.6) is 0 Å².